The van der Waals surface area contributed by atoms with Crippen LogP contribution in [0.5, 0.6) is 0 Å². The Kier molecular flexibility index (Phi) is 4.03. The van der Waals surface area contributed by atoms with E-state index in [1.807, 2.05) is 0 Å². The molecule has 2 heterocycles. The topological polar surface area (TPSA) is 67.1 Å². The van der Waals surface area contributed by atoms with E-state index in [-0.39, 0.29) is 0 Å². The maximum Gasteiger partial charge on any atom is 0.159 e. The van der Waals surface area contributed by atoms with Crippen LogP contribution in [0.3, 0.4) is 0 Å². The van der Waals surface area contributed by atoms with E-state index < -0.39 is 0 Å². The fourth-order valence-corrected chi connectivity index (χ4v) is 2.96. The third-order valence-electron chi connectivity index (χ3n) is 3.39. The predicted octanol–water partition coefficient (Wildman–Crippen LogP) is 3.71. The Morgan fingerprint density at radius 2 is 1.71 bits per heavy atom. The Morgan fingerprint density at radius 1 is 1.05 bits per heavy atom. The molecule has 1 aliphatic rings. The van der Waals surface area contributed by atoms with Gasteiger partial charge in [-0.1, -0.05) is 23.2 Å². The molecule has 3 N–H and O–H groups in total. The van der Waals surface area contributed by atoms with Crippen molar-refractivity contribution in [2.45, 2.75) is 12.8 Å². The van der Waals surface area contributed by atoms with Gasteiger partial charge in [-0.25, -0.2) is 9.97 Å². The third kappa shape index (κ3) is 3.14. The molecule has 1 aromatic heterocycles. The second-order valence-corrected chi connectivity index (χ2v) is 5.81. The standard InChI is InChI=1S/C14H15Cl2N5/c15-9-5-10(16)7-11(6-9)20-13-12(17)14(19-8-18-13)21-3-1-2-4-21/h5-8H,1-4,17H2,(H,18,19,20). The van der Waals surface area contributed by atoms with Gasteiger partial charge in [0, 0.05) is 28.8 Å². The van der Waals surface area contributed by atoms with Crippen molar-refractivity contribution in [2.75, 3.05) is 29.0 Å². The molecule has 0 spiro atoms. The quantitative estimate of drug-likeness (QED) is 0.901. The predicted molar refractivity (Wildman–Crippen MR) is 87.6 cm³/mol. The number of rotatable bonds is 3. The zero-order chi connectivity index (χ0) is 14.8. The molecule has 3 rings (SSSR count). The number of halogens is 2. The van der Waals surface area contributed by atoms with Crippen LogP contribution in [0.4, 0.5) is 23.0 Å². The Morgan fingerprint density at radius 3 is 2.38 bits per heavy atom. The second kappa shape index (κ2) is 5.95. The molecule has 21 heavy (non-hydrogen) atoms. The minimum atomic E-state index is 0.537. The van der Waals surface area contributed by atoms with Crippen molar-refractivity contribution in [1.82, 2.24) is 9.97 Å². The lowest BCUT2D eigenvalue weighted by atomic mass is 10.3. The van der Waals surface area contributed by atoms with Crippen LogP contribution in [0.1, 0.15) is 12.8 Å². The number of aromatic nitrogens is 2. The fraction of sp³-hybridized carbons (Fsp3) is 0.286. The molecule has 1 aromatic carbocycles. The van der Waals surface area contributed by atoms with Gasteiger partial charge in [0.05, 0.1) is 0 Å². The van der Waals surface area contributed by atoms with Crippen molar-refractivity contribution in [3.63, 3.8) is 0 Å². The van der Waals surface area contributed by atoms with Crippen LogP contribution in [0.25, 0.3) is 0 Å². The summed E-state index contributed by atoms with van der Waals surface area (Å²) in [6.07, 6.45) is 3.84. The summed E-state index contributed by atoms with van der Waals surface area (Å²) in [6, 6.07) is 5.21. The summed E-state index contributed by atoms with van der Waals surface area (Å²) in [5.41, 5.74) is 7.47. The molecule has 1 aliphatic heterocycles. The number of anilines is 4. The van der Waals surface area contributed by atoms with E-state index in [0.29, 0.717) is 21.6 Å². The molecule has 5 nitrogen and oxygen atoms in total. The van der Waals surface area contributed by atoms with E-state index in [4.69, 9.17) is 28.9 Å². The lowest BCUT2D eigenvalue weighted by molar-refractivity contribution is 0.931. The monoisotopic (exact) mass is 323 g/mol. The lowest BCUT2D eigenvalue weighted by Crippen LogP contribution is -2.21. The Hall–Kier alpha value is -1.72. The molecule has 0 unspecified atom stereocenters. The molecule has 0 radical (unpaired) electrons. The van der Waals surface area contributed by atoms with Crippen molar-refractivity contribution >= 4 is 46.2 Å². The van der Waals surface area contributed by atoms with E-state index in [2.05, 4.69) is 20.2 Å². The van der Waals surface area contributed by atoms with Gasteiger partial charge in [-0.2, -0.15) is 0 Å². The first kappa shape index (κ1) is 14.2. The van der Waals surface area contributed by atoms with Crippen LogP contribution in [0, 0.1) is 0 Å². The van der Waals surface area contributed by atoms with Crippen molar-refractivity contribution in [1.29, 1.82) is 0 Å². The molecule has 7 heteroatoms. The van der Waals surface area contributed by atoms with Crippen molar-refractivity contribution in [2.24, 2.45) is 0 Å². The van der Waals surface area contributed by atoms with Crippen molar-refractivity contribution in [3.8, 4) is 0 Å². The first-order valence-electron chi connectivity index (χ1n) is 6.72. The summed E-state index contributed by atoms with van der Waals surface area (Å²) in [5.74, 6) is 1.34. The van der Waals surface area contributed by atoms with E-state index in [1.165, 1.54) is 6.33 Å². The number of hydrogen-bond donors (Lipinski definition) is 2. The molecule has 0 aliphatic carbocycles. The molecule has 1 saturated heterocycles. The van der Waals surface area contributed by atoms with Gasteiger partial charge < -0.3 is 16.0 Å². The van der Waals surface area contributed by atoms with Crippen LogP contribution in [0.15, 0.2) is 24.5 Å². The van der Waals surface area contributed by atoms with Crippen molar-refractivity contribution < 1.29 is 0 Å². The largest absolute Gasteiger partial charge is 0.393 e. The van der Waals surface area contributed by atoms with E-state index in [1.54, 1.807) is 18.2 Å². The number of nitrogens with zero attached hydrogens (tertiary/aromatic N) is 3. The SMILES string of the molecule is Nc1c(Nc2cc(Cl)cc(Cl)c2)ncnc1N1CCCC1. The van der Waals surface area contributed by atoms with Gasteiger partial charge in [-0.3, -0.25) is 0 Å². The molecule has 0 atom stereocenters. The van der Waals surface area contributed by atoms with Gasteiger partial charge in [-0.05, 0) is 31.0 Å². The minimum absolute atomic E-state index is 0.537. The van der Waals surface area contributed by atoms with Gasteiger partial charge in [0.1, 0.15) is 12.0 Å². The molecular weight excluding hydrogens is 309 g/mol. The maximum atomic E-state index is 6.19. The zero-order valence-electron chi connectivity index (χ0n) is 11.3. The van der Waals surface area contributed by atoms with Gasteiger partial charge in [0.15, 0.2) is 11.6 Å². The van der Waals surface area contributed by atoms with Crippen LogP contribution in [0.2, 0.25) is 10.0 Å². The van der Waals surface area contributed by atoms with Crippen molar-refractivity contribution in [3.05, 3.63) is 34.6 Å². The normalized spacial score (nSPS) is 14.5. The van der Waals surface area contributed by atoms with Gasteiger partial charge in [0.2, 0.25) is 0 Å². The second-order valence-electron chi connectivity index (χ2n) is 4.94. The summed E-state index contributed by atoms with van der Waals surface area (Å²) < 4.78 is 0. The van der Waals surface area contributed by atoms with Crippen LogP contribution in [-0.2, 0) is 0 Å². The van der Waals surface area contributed by atoms with Gasteiger partial charge >= 0.3 is 0 Å². The molecule has 0 bridgehead atoms. The van der Waals surface area contributed by atoms with E-state index >= 15 is 0 Å². The molecular formula is C14H15Cl2N5. The highest BCUT2D eigenvalue weighted by atomic mass is 35.5. The Labute approximate surface area is 133 Å². The van der Waals surface area contributed by atoms with Crippen LogP contribution in [-0.4, -0.2) is 23.1 Å². The number of nitrogens with one attached hydrogen (secondary N) is 1. The Balaban J connectivity index is 1.90. The molecule has 110 valence electrons. The highest BCUT2D eigenvalue weighted by molar-refractivity contribution is 6.35. The first-order chi connectivity index (χ1) is 10.1. The number of nitrogens with two attached hydrogens (primary N) is 1. The fourth-order valence-electron chi connectivity index (χ4n) is 2.43. The lowest BCUT2D eigenvalue weighted by Gasteiger charge is -2.19. The number of nitrogen functional groups attached to an aromatic ring is 1. The van der Waals surface area contributed by atoms with Gasteiger partial charge in [-0.15, -0.1) is 0 Å². The smallest absolute Gasteiger partial charge is 0.159 e. The Bertz CT molecular complexity index is 636. The molecule has 0 amide bonds. The third-order valence-corrected chi connectivity index (χ3v) is 3.83. The maximum absolute atomic E-state index is 6.19. The van der Waals surface area contributed by atoms with E-state index in [0.717, 1.165) is 37.4 Å². The summed E-state index contributed by atoms with van der Waals surface area (Å²) in [7, 11) is 0. The average molecular weight is 324 g/mol. The van der Waals surface area contributed by atoms with Crippen LogP contribution >= 0.6 is 23.2 Å². The average Bonchev–Trinajstić information content (AvgIpc) is 2.94. The first-order valence-corrected chi connectivity index (χ1v) is 7.47. The van der Waals surface area contributed by atoms with Gasteiger partial charge in [0.25, 0.3) is 0 Å². The highest BCUT2D eigenvalue weighted by Gasteiger charge is 2.18. The summed E-state index contributed by atoms with van der Waals surface area (Å²) >= 11 is 12.0. The molecule has 2 aromatic rings. The van der Waals surface area contributed by atoms with E-state index in [9.17, 15) is 0 Å². The molecule has 0 saturated carbocycles. The number of benzene rings is 1. The highest BCUT2D eigenvalue weighted by Crippen LogP contribution is 2.31. The summed E-state index contributed by atoms with van der Waals surface area (Å²) in [6.45, 7) is 1.95. The summed E-state index contributed by atoms with van der Waals surface area (Å²) in [5, 5.41) is 4.25. The summed E-state index contributed by atoms with van der Waals surface area (Å²) in [4.78, 5) is 10.7. The minimum Gasteiger partial charge on any atom is -0.393 e. The molecule has 1 fully saturated rings. The zero-order valence-corrected chi connectivity index (χ0v) is 12.8. The van der Waals surface area contributed by atoms with Crippen LogP contribution < -0.4 is 16.0 Å². The number of hydrogen-bond acceptors (Lipinski definition) is 5.